The van der Waals surface area contributed by atoms with Gasteiger partial charge in [-0.15, -0.1) is 0 Å². The van der Waals surface area contributed by atoms with E-state index in [9.17, 15) is 14.4 Å². The molecule has 0 spiro atoms. The Morgan fingerprint density at radius 3 is 2.33 bits per heavy atom. The molecule has 1 unspecified atom stereocenters. The molecule has 0 aliphatic heterocycles. The summed E-state index contributed by atoms with van der Waals surface area (Å²) in [5.74, 6) is -0.917. The molecule has 1 atom stereocenters. The number of nitrogens with two attached hydrogens (primary N) is 2. The van der Waals surface area contributed by atoms with Gasteiger partial charge in [-0.05, 0) is 67.3 Å². The number of aromatic nitrogens is 1. The fourth-order valence-corrected chi connectivity index (χ4v) is 4.26. The third-order valence-electron chi connectivity index (χ3n) is 5.33. The summed E-state index contributed by atoms with van der Waals surface area (Å²) in [6.07, 6.45) is 1.29. The molecule has 1 aromatic heterocycles. The van der Waals surface area contributed by atoms with Crippen LogP contribution in [0, 0.1) is 25.7 Å². The highest BCUT2D eigenvalue weighted by Gasteiger charge is 2.35. The molecule has 0 aliphatic rings. The van der Waals surface area contributed by atoms with Gasteiger partial charge in [-0.2, -0.15) is 4.37 Å². The van der Waals surface area contributed by atoms with Crippen LogP contribution in [0.5, 0.6) is 0 Å². The predicted octanol–water partition coefficient (Wildman–Crippen LogP) is 3.66. The van der Waals surface area contributed by atoms with Crippen LogP contribution in [0.3, 0.4) is 0 Å². The van der Waals surface area contributed by atoms with Crippen molar-refractivity contribution in [3.05, 3.63) is 39.9 Å². The topological polar surface area (TPSA) is 131 Å². The van der Waals surface area contributed by atoms with Gasteiger partial charge >= 0.3 is 0 Å². The van der Waals surface area contributed by atoms with Crippen molar-refractivity contribution in [3.63, 3.8) is 0 Å². The van der Waals surface area contributed by atoms with Gasteiger partial charge in [0.2, 0.25) is 5.91 Å². The second-order valence-electron chi connectivity index (χ2n) is 9.22. The van der Waals surface area contributed by atoms with E-state index in [-0.39, 0.29) is 28.1 Å². The van der Waals surface area contributed by atoms with E-state index in [1.54, 1.807) is 0 Å². The van der Waals surface area contributed by atoms with Crippen LogP contribution in [-0.4, -0.2) is 34.7 Å². The first-order valence-corrected chi connectivity index (χ1v) is 11.9. The highest BCUT2D eigenvalue weighted by Crippen LogP contribution is 2.31. The monoisotopic (exact) mass is 473 g/mol. The van der Waals surface area contributed by atoms with Gasteiger partial charge in [-0.3, -0.25) is 19.3 Å². The number of nitrogens with zero attached hydrogens (tertiary/aromatic N) is 2. The highest BCUT2D eigenvalue weighted by atomic mass is 32.1. The molecule has 0 saturated carbocycles. The number of primary amides is 1. The third-order valence-corrected chi connectivity index (χ3v) is 6.18. The van der Waals surface area contributed by atoms with Gasteiger partial charge in [0.25, 0.3) is 11.8 Å². The van der Waals surface area contributed by atoms with Crippen molar-refractivity contribution in [2.24, 2.45) is 17.6 Å². The average Bonchev–Trinajstić information content (AvgIpc) is 3.10. The fourth-order valence-electron chi connectivity index (χ4n) is 3.51. The first kappa shape index (κ1) is 26.3. The molecule has 8 nitrogen and oxygen atoms in total. The number of anilines is 2. The van der Waals surface area contributed by atoms with Crippen molar-refractivity contribution in [1.82, 2.24) is 9.69 Å². The number of carbonyl (C=O) groups is 3. The van der Waals surface area contributed by atoms with Crippen molar-refractivity contribution >= 4 is 40.6 Å². The van der Waals surface area contributed by atoms with Crippen LogP contribution in [0.15, 0.2) is 18.2 Å². The molecular weight excluding hydrogens is 438 g/mol. The minimum Gasteiger partial charge on any atom is -0.395 e. The summed E-state index contributed by atoms with van der Waals surface area (Å²) in [7, 11) is 0. The van der Waals surface area contributed by atoms with Gasteiger partial charge in [0.15, 0.2) is 5.69 Å². The van der Waals surface area contributed by atoms with Gasteiger partial charge in [-0.1, -0.05) is 39.8 Å². The van der Waals surface area contributed by atoms with Crippen LogP contribution >= 0.6 is 11.5 Å². The van der Waals surface area contributed by atoms with E-state index in [1.165, 1.54) is 4.90 Å². The van der Waals surface area contributed by atoms with Crippen molar-refractivity contribution < 1.29 is 14.4 Å². The van der Waals surface area contributed by atoms with E-state index in [4.69, 9.17) is 11.5 Å². The van der Waals surface area contributed by atoms with Crippen LogP contribution in [0.2, 0.25) is 0 Å². The molecule has 0 bridgehead atoms. The first-order chi connectivity index (χ1) is 15.4. The largest absolute Gasteiger partial charge is 0.395 e. The lowest BCUT2D eigenvalue weighted by Crippen LogP contribution is -2.51. The second-order valence-corrected chi connectivity index (χ2v) is 10.00. The van der Waals surface area contributed by atoms with Crippen molar-refractivity contribution in [3.8, 4) is 0 Å². The van der Waals surface area contributed by atoms with E-state index in [1.807, 2.05) is 45.9 Å². The maximum atomic E-state index is 13.9. The summed E-state index contributed by atoms with van der Waals surface area (Å²) < 4.78 is 3.98. The minimum absolute atomic E-state index is 0.0590. The van der Waals surface area contributed by atoms with Crippen LogP contribution in [0.1, 0.15) is 71.8 Å². The number of aryl methyl sites for hydroxylation is 2. The van der Waals surface area contributed by atoms with Gasteiger partial charge in [0.05, 0.1) is 5.69 Å². The van der Waals surface area contributed by atoms with Gasteiger partial charge < -0.3 is 16.8 Å². The van der Waals surface area contributed by atoms with Crippen LogP contribution in [0.4, 0.5) is 11.4 Å². The molecule has 3 amide bonds. The number of amides is 3. The molecule has 0 saturated heterocycles. The molecule has 0 fully saturated rings. The standard InChI is InChI=1S/C24H35N5O3S/c1-13(2)9-10-27-23(31)18(11-14(3)4)29(17-12-15(5)7-8-16(17)6)24(32)21-19(25)20(22(26)30)28-33-21/h7-8,12-14,18H,9-11,25H2,1-6H3,(H2,26,30)(H,27,31). The SMILES string of the molecule is Cc1ccc(C)c(N(C(=O)c2snc(C(N)=O)c2N)C(CC(C)C)C(=O)NCCC(C)C)c1. The summed E-state index contributed by atoms with van der Waals surface area (Å²) >= 11 is 0.817. The van der Waals surface area contributed by atoms with Crippen molar-refractivity contribution in [2.45, 2.75) is 60.4 Å². The molecule has 0 radical (unpaired) electrons. The molecule has 5 N–H and O–H groups in total. The molecule has 1 heterocycles. The number of rotatable bonds is 10. The molecule has 1 aromatic carbocycles. The van der Waals surface area contributed by atoms with E-state index in [0.717, 1.165) is 29.1 Å². The van der Waals surface area contributed by atoms with Gasteiger partial charge in [-0.25, -0.2) is 0 Å². The molecule has 2 rings (SSSR count). The Balaban J connectivity index is 2.60. The van der Waals surface area contributed by atoms with E-state index < -0.39 is 17.9 Å². The summed E-state index contributed by atoms with van der Waals surface area (Å²) in [4.78, 5) is 40.5. The lowest BCUT2D eigenvalue weighted by molar-refractivity contribution is -0.122. The van der Waals surface area contributed by atoms with Crippen LogP contribution in [0.25, 0.3) is 0 Å². The normalized spacial score (nSPS) is 12.1. The zero-order valence-electron chi connectivity index (χ0n) is 20.3. The molecule has 2 aromatic rings. The molecule has 0 aliphatic carbocycles. The molecule has 9 heteroatoms. The predicted molar refractivity (Wildman–Crippen MR) is 133 cm³/mol. The Morgan fingerprint density at radius 2 is 1.79 bits per heavy atom. The maximum Gasteiger partial charge on any atom is 0.272 e. The Hall–Kier alpha value is -2.94. The van der Waals surface area contributed by atoms with Crippen molar-refractivity contribution in [1.29, 1.82) is 0 Å². The van der Waals surface area contributed by atoms with Crippen molar-refractivity contribution in [2.75, 3.05) is 17.2 Å². The highest BCUT2D eigenvalue weighted by molar-refractivity contribution is 7.09. The Kier molecular flexibility index (Phi) is 8.99. The molecular formula is C24H35N5O3S. The lowest BCUT2D eigenvalue weighted by atomic mass is 9.98. The Bertz CT molecular complexity index is 1020. The minimum atomic E-state index is -0.800. The number of nitrogens with one attached hydrogen (secondary N) is 1. The molecule has 33 heavy (non-hydrogen) atoms. The van der Waals surface area contributed by atoms with E-state index in [2.05, 4.69) is 23.5 Å². The van der Waals surface area contributed by atoms with Gasteiger partial charge in [0, 0.05) is 12.2 Å². The van der Waals surface area contributed by atoms with E-state index in [0.29, 0.717) is 24.6 Å². The quantitative estimate of drug-likeness (QED) is 0.484. The summed E-state index contributed by atoms with van der Waals surface area (Å²) in [5.41, 5.74) is 13.7. The fraction of sp³-hybridized carbons (Fsp3) is 0.500. The lowest BCUT2D eigenvalue weighted by Gasteiger charge is -2.33. The zero-order chi connectivity index (χ0) is 24.9. The third kappa shape index (κ3) is 6.54. The average molecular weight is 474 g/mol. The summed E-state index contributed by atoms with van der Waals surface area (Å²) in [6.45, 7) is 12.5. The Labute approximate surface area is 199 Å². The molecule has 180 valence electrons. The number of carbonyl (C=O) groups excluding carboxylic acids is 3. The first-order valence-electron chi connectivity index (χ1n) is 11.2. The maximum absolute atomic E-state index is 13.9. The zero-order valence-corrected chi connectivity index (χ0v) is 21.1. The van der Waals surface area contributed by atoms with Crippen LogP contribution in [-0.2, 0) is 4.79 Å². The number of benzene rings is 1. The number of hydrogen-bond acceptors (Lipinski definition) is 6. The van der Waals surface area contributed by atoms with Crippen LogP contribution < -0.4 is 21.7 Å². The van der Waals surface area contributed by atoms with E-state index >= 15 is 0 Å². The summed E-state index contributed by atoms with van der Waals surface area (Å²) in [5, 5.41) is 3.00. The summed E-state index contributed by atoms with van der Waals surface area (Å²) in [6, 6.07) is 4.99. The number of nitrogen functional groups attached to an aromatic ring is 1. The number of hydrogen-bond donors (Lipinski definition) is 3. The smallest absolute Gasteiger partial charge is 0.272 e. The second kappa shape index (κ2) is 11.3. The Morgan fingerprint density at radius 1 is 1.12 bits per heavy atom. The van der Waals surface area contributed by atoms with Gasteiger partial charge in [0.1, 0.15) is 10.9 Å².